The molecule has 40 heavy (non-hydrogen) atoms. The minimum absolute atomic E-state index is 0. The fourth-order valence-electron chi connectivity index (χ4n) is 2.07. The van der Waals surface area contributed by atoms with Gasteiger partial charge in [0.05, 0.1) is 32.5 Å². The smallest absolute Gasteiger partial charge is 0.282 e. The maximum atomic E-state index is 9.66. The standard InChI is InChI=1S/3C11H20O2.Fe/c3*1-10(2,3)8(12)7-9(13)11(4,5)6;/h3*7H2,1-6H3;/p+6. The SMILES string of the molecule is CC(C)(C)C(=[OH+])CC(=[OH+])C(C)(C)C.CC(C)(C)C(=[OH+])CC(=[OH+])C(C)(C)C.CC(C)(C)C(=[OH+])CC(=[OH+])C(C)(C)C.[Fe]. The first kappa shape index (κ1) is 45.5. The Kier molecular flexibility index (Phi) is 18.5. The van der Waals surface area contributed by atoms with E-state index in [1.807, 2.05) is 125 Å². The zero-order chi connectivity index (χ0) is 32.6. The molecule has 0 saturated heterocycles. The summed E-state index contributed by atoms with van der Waals surface area (Å²) in [4.78, 5) is 57.9. The minimum atomic E-state index is -0.251. The van der Waals surface area contributed by atoms with Crippen molar-refractivity contribution in [2.75, 3.05) is 0 Å². The molecule has 0 bridgehead atoms. The average molecular weight is 615 g/mol. The van der Waals surface area contributed by atoms with E-state index in [1.165, 1.54) is 0 Å². The Hall–Kier alpha value is -1.46. The van der Waals surface area contributed by atoms with E-state index in [-0.39, 0.29) is 68.8 Å². The van der Waals surface area contributed by atoms with Gasteiger partial charge >= 0.3 is 34.7 Å². The van der Waals surface area contributed by atoms with Gasteiger partial charge in [-0.05, 0) is 125 Å². The summed E-state index contributed by atoms with van der Waals surface area (Å²) in [5.74, 6) is 2.00. The topological polar surface area (TPSA) is 128 Å². The van der Waals surface area contributed by atoms with Crippen LogP contribution in [0.5, 0.6) is 0 Å². The summed E-state index contributed by atoms with van der Waals surface area (Å²) in [5, 5.41) is 0. The van der Waals surface area contributed by atoms with Crippen molar-refractivity contribution in [2.45, 2.75) is 144 Å². The van der Waals surface area contributed by atoms with Crippen LogP contribution in [-0.2, 0) is 17.1 Å². The van der Waals surface area contributed by atoms with E-state index in [0.717, 1.165) is 0 Å². The van der Waals surface area contributed by atoms with E-state index < -0.39 is 0 Å². The minimum Gasteiger partial charge on any atom is -0.282 e. The van der Waals surface area contributed by atoms with Gasteiger partial charge in [0.2, 0.25) is 0 Å². The Balaban J connectivity index is -0.000000240. The van der Waals surface area contributed by atoms with Crippen LogP contribution in [-0.4, -0.2) is 63.5 Å². The molecule has 0 spiro atoms. The maximum absolute atomic E-state index is 9.66. The average Bonchev–Trinajstić information content (AvgIpc) is 2.64. The molecule has 0 atom stereocenters. The molecule has 0 aliphatic rings. The van der Waals surface area contributed by atoms with Gasteiger partial charge in [-0.1, -0.05) is 0 Å². The van der Waals surface area contributed by atoms with Gasteiger partial charge in [0.25, 0.3) is 0 Å². The predicted octanol–water partition coefficient (Wildman–Crippen LogP) is 7.67. The first-order valence-electron chi connectivity index (χ1n) is 14.0. The van der Waals surface area contributed by atoms with Crippen molar-refractivity contribution in [3.05, 3.63) is 0 Å². The Morgan fingerprint density at radius 1 is 0.275 bits per heavy atom. The molecule has 0 aromatic carbocycles. The van der Waals surface area contributed by atoms with E-state index in [1.54, 1.807) is 0 Å². The molecule has 0 radical (unpaired) electrons. The third-order valence-electron chi connectivity index (χ3n) is 6.20. The monoisotopic (exact) mass is 614 g/mol. The largest absolute Gasteiger partial charge is 0.311 e. The molecule has 7 heteroatoms. The Morgan fingerprint density at radius 2 is 0.350 bits per heavy atom. The number of carbonyl (C=O) groups excluding carboxylic acids is 6. The molecule has 0 aromatic rings. The molecular weight excluding hydrogens is 548 g/mol. The van der Waals surface area contributed by atoms with Gasteiger partial charge in [-0.15, -0.1) is 0 Å². The summed E-state index contributed by atoms with van der Waals surface area (Å²) < 4.78 is 0. The van der Waals surface area contributed by atoms with Gasteiger partial charge < -0.3 is 0 Å². The third-order valence-corrected chi connectivity index (χ3v) is 6.20. The van der Waals surface area contributed by atoms with Crippen molar-refractivity contribution in [3.8, 4) is 0 Å². The molecule has 236 valence electrons. The predicted molar refractivity (Wildman–Crippen MR) is 172 cm³/mol. The Labute approximate surface area is 256 Å². The van der Waals surface area contributed by atoms with Crippen molar-refractivity contribution in [1.29, 1.82) is 0 Å². The van der Waals surface area contributed by atoms with Crippen LogP contribution in [0.2, 0.25) is 0 Å². The van der Waals surface area contributed by atoms with Crippen LogP contribution in [0.1, 0.15) is 144 Å². The molecule has 0 aliphatic heterocycles. The van der Waals surface area contributed by atoms with Crippen LogP contribution >= 0.6 is 0 Å². The second kappa shape index (κ2) is 16.2. The van der Waals surface area contributed by atoms with E-state index in [4.69, 9.17) is 0 Å². The molecule has 0 aliphatic carbocycles. The first-order chi connectivity index (χ1) is 16.6. The molecule has 0 aromatic heterocycles. The Bertz CT molecular complexity index is 693. The molecule has 0 unspecified atom stereocenters. The zero-order valence-electron chi connectivity index (χ0n) is 29.2. The Morgan fingerprint density at radius 3 is 0.400 bits per heavy atom. The fraction of sp³-hybridized carbons (Fsp3) is 0.818. The maximum Gasteiger partial charge on any atom is 0.311 e. The molecule has 6 nitrogen and oxygen atoms in total. The van der Waals surface area contributed by atoms with Gasteiger partial charge in [0.15, 0.2) is 19.3 Å². The van der Waals surface area contributed by atoms with Crippen molar-refractivity contribution >= 4 is 34.7 Å². The molecule has 0 heterocycles. The van der Waals surface area contributed by atoms with E-state index in [9.17, 15) is 28.8 Å². The summed E-state index contributed by atoms with van der Waals surface area (Å²) in [6, 6.07) is 0. The summed E-state index contributed by atoms with van der Waals surface area (Å²) in [5.41, 5.74) is -1.50. The number of rotatable bonds is 6. The summed E-state index contributed by atoms with van der Waals surface area (Å²) in [6.45, 7) is 34.7. The van der Waals surface area contributed by atoms with Crippen molar-refractivity contribution < 1.29 is 45.8 Å². The fourth-order valence-corrected chi connectivity index (χ4v) is 2.07. The second-order valence-electron chi connectivity index (χ2n) is 16.7. The van der Waals surface area contributed by atoms with Gasteiger partial charge in [-0.2, -0.15) is 0 Å². The number of hydrogen-bond acceptors (Lipinski definition) is 0. The van der Waals surface area contributed by atoms with E-state index >= 15 is 0 Å². The van der Waals surface area contributed by atoms with Gasteiger partial charge in [0.1, 0.15) is 0 Å². The number of hydrogen-bond donors (Lipinski definition) is 0. The molecule has 0 rings (SSSR count). The first-order valence-corrected chi connectivity index (χ1v) is 14.0. The van der Waals surface area contributed by atoms with Crippen LogP contribution in [0.4, 0.5) is 0 Å². The summed E-state index contributed by atoms with van der Waals surface area (Å²) in [7, 11) is 0. The van der Waals surface area contributed by atoms with Crippen molar-refractivity contribution in [1.82, 2.24) is 0 Å². The van der Waals surface area contributed by atoms with Crippen LogP contribution < -0.4 is 0 Å². The van der Waals surface area contributed by atoms with Crippen molar-refractivity contribution in [2.24, 2.45) is 32.5 Å². The summed E-state index contributed by atoms with van der Waals surface area (Å²) >= 11 is 0. The van der Waals surface area contributed by atoms with E-state index in [0.29, 0.717) is 34.7 Å². The molecule has 0 amide bonds. The van der Waals surface area contributed by atoms with Gasteiger partial charge in [-0.3, -0.25) is 28.8 Å². The zero-order valence-corrected chi connectivity index (χ0v) is 30.3. The summed E-state index contributed by atoms with van der Waals surface area (Å²) in [6.07, 6.45) is 0.854. The van der Waals surface area contributed by atoms with Gasteiger partial charge in [-0.25, -0.2) is 0 Å². The van der Waals surface area contributed by atoms with Crippen LogP contribution in [0.3, 0.4) is 0 Å². The normalized spacial score (nSPS) is 12.4. The molecular formula is C33H66FeO6+6. The van der Waals surface area contributed by atoms with E-state index in [2.05, 4.69) is 0 Å². The molecule has 6 N–H and O–H groups in total. The molecule has 0 saturated carbocycles. The quantitative estimate of drug-likeness (QED) is 0.165. The van der Waals surface area contributed by atoms with Crippen molar-refractivity contribution in [3.63, 3.8) is 0 Å². The van der Waals surface area contributed by atoms with Crippen LogP contribution in [0, 0.1) is 32.5 Å². The second-order valence-corrected chi connectivity index (χ2v) is 16.7. The number of ketones is 6. The van der Waals surface area contributed by atoms with Crippen LogP contribution in [0.25, 0.3) is 0 Å². The molecule has 0 fully saturated rings. The third kappa shape index (κ3) is 21.3. The van der Waals surface area contributed by atoms with Gasteiger partial charge in [0, 0.05) is 17.1 Å². The van der Waals surface area contributed by atoms with Crippen LogP contribution in [0.15, 0.2) is 0 Å².